The third-order valence-electron chi connectivity index (χ3n) is 1.71. The molecule has 0 bridgehead atoms. The molecule has 18 heavy (non-hydrogen) atoms. The van der Waals surface area contributed by atoms with E-state index < -0.39 is 13.0 Å². The van der Waals surface area contributed by atoms with E-state index in [4.69, 9.17) is 21.9 Å². The fraction of sp³-hybridized carbons (Fsp3) is 0.200. The molecular formula is C10H13F2N5O. The Morgan fingerprint density at radius 3 is 2.50 bits per heavy atom. The lowest BCUT2D eigenvalue weighted by Crippen LogP contribution is -2.26. The average molecular weight is 257 g/mol. The van der Waals surface area contributed by atoms with Crippen molar-refractivity contribution in [2.24, 2.45) is 27.2 Å². The van der Waals surface area contributed by atoms with Crippen molar-refractivity contribution in [3.8, 4) is 5.75 Å². The molecule has 0 aliphatic carbocycles. The third kappa shape index (κ3) is 4.64. The molecule has 0 heterocycles. The van der Waals surface area contributed by atoms with E-state index in [0.29, 0.717) is 0 Å². The summed E-state index contributed by atoms with van der Waals surface area (Å²) in [5.41, 5.74) is 15.9. The monoisotopic (exact) mass is 257 g/mol. The number of halogens is 2. The van der Waals surface area contributed by atoms with Crippen LogP contribution in [0.1, 0.15) is 0 Å². The summed E-state index contributed by atoms with van der Waals surface area (Å²) >= 11 is 0. The number of hydrogen-bond donors (Lipinski definition) is 3. The number of alkyl halides is 2. The van der Waals surface area contributed by atoms with Gasteiger partial charge in [-0.1, -0.05) is 12.1 Å². The number of guanidine groups is 2. The summed E-state index contributed by atoms with van der Waals surface area (Å²) < 4.78 is 29.0. The summed E-state index contributed by atoms with van der Waals surface area (Å²) in [5, 5.41) is 0. The Balaban J connectivity index is 2.91. The van der Waals surface area contributed by atoms with Gasteiger partial charge in [-0.2, -0.15) is 4.99 Å². The highest BCUT2D eigenvalue weighted by Gasteiger charge is 2.07. The van der Waals surface area contributed by atoms with E-state index in [9.17, 15) is 8.78 Å². The van der Waals surface area contributed by atoms with Gasteiger partial charge in [-0.15, -0.1) is 0 Å². The van der Waals surface area contributed by atoms with Crippen LogP contribution in [0.5, 0.6) is 5.75 Å². The van der Waals surface area contributed by atoms with E-state index in [-0.39, 0.29) is 23.4 Å². The van der Waals surface area contributed by atoms with Crippen molar-refractivity contribution >= 4 is 17.6 Å². The van der Waals surface area contributed by atoms with Gasteiger partial charge in [0, 0.05) is 0 Å². The number of aliphatic imine (C=N–C) groups is 2. The van der Waals surface area contributed by atoms with Crippen LogP contribution in [0.4, 0.5) is 14.5 Å². The average Bonchev–Trinajstić information content (AvgIpc) is 2.26. The van der Waals surface area contributed by atoms with Gasteiger partial charge in [-0.25, -0.2) is 13.8 Å². The SMILES string of the molecule is NC(N)=NC(N)=Nc1ccccc1OCC(F)F. The fourth-order valence-electron chi connectivity index (χ4n) is 1.11. The highest BCUT2D eigenvalue weighted by Crippen LogP contribution is 2.27. The molecule has 0 fully saturated rings. The zero-order chi connectivity index (χ0) is 13.5. The van der Waals surface area contributed by atoms with E-state index in [1.807, 2.05) is 0 Å². The van der Waals surface area contributed by atoms with Crippen molar-refractivity contribution in [3.63, 3.8) is 0 Å². The van der Waals surface area contributed by atoms with Crippen LogP contribution in [-0.2, 0) is 0 Å². The van der Waals surface area contributed by atoms with Crippen LogP contribution in [-0.4, -0.2) is 25.0 Å². The minimum atomic E-state index is -2.57. The predicted molar refractivity (Wildman–Crippen MR) is 65.0 cm³/mol. The molecule has 1 aromatic rings. The normalized spacial score (nSPS) is 11.4. The second-order valence-electron chi connectivity index (χ2n) is 3.18. The number of ether oxygens (including phenoxy) is 1. The van der Waals surface area contributed by atoms with Gasteiger partial charge in [0.15, 0.2) is 5.96 Å². The Bertz CT molecular complexity index is 457. The zero-order valence-corrected chi connectivity index (χ0v) is 9.38. The molecule has 0 aliphatic heterocycles. The molecule has 0 spiro atoms. The quantitative estimate of drug-likeness (QED) is 0.540. The summed E-state index contributed by atoms with van der Waals surface area (Å²) in [6.45, 7) is -0.727. The van der Waals surface area contributed by atoms with E-state index in [0.717, 1.165) is 0 Å². The Hall–Kier alpha value is -2.38. The maximum atomic E-state index is 12.0. The van der Waals surface area contributed by atoms with Gasteiger partial charge < -0.3 is 21.9 Å². The summed E-state index contributed by atoms with van der Waals surface area (Å²) in [5.74, 6) is -0.267. The number of hydrogen-bond acceptors (Lipinski definition) is 2. The van der Waals surface area contributed by atoms with Gasteiger partial charge in [0.25, 0.3) is 6.43 Å². The molecule has 0 amide bonds. The molecule has 1 aromatic carbocycles. The number of benzene rings is 1. The van der Waals surface area contributed by atoms with Crippen LogP contribution in [0.25, 0.3) is 0 Å². The van der Waals surface area contributed by atoms with Crippen LogP contribution in [0.2, 0.25) is 0 Å². The molecule has 6 nitrogen and oxygen atoms in total. The van der Waals surface area contributed by atoms with Crippen LogP contribution in [0.3, 0.4) is 0 Å². The van der Waals surface area contributed by atoms with Crippen molar-refractivity contribution in [2.75, 3.05) is 6.61 Å². The molecule has 1 rings (SSSR count). The number of nitrogens with zero attached hydrogens (tertiary/aromatic N) is 2. The van der Waals surface area contributed by atoms with Crippen LogP contribution in [0.15, 0.2) is 34.3 Å². The highest BCUT2D eigenvalue weighted by atomic mass is 19.3. The number of nitrogens with two attached hydrogens (primary N) is 3. The third-order valence-corrected chi connectivity index (χ3v) is 1.71. The zero-order valence-electron chi connectivity index (χ0n) is 9.38. The molecule has 0 unspecified atom stereocenters. The predicted octanol–water partition coefficient (Wildman–Crippen LogP) is 0.550. The summed E-state index contributed by atoms with van der Waals surface area (Å²) in [6, 6.07) is 6.30. The van der Waals surface area contributed by atoms with Gasteiger partial charge in [0.2, 0.25) is 5.96 Å². The lowest BCUT2D eigenvalue weighted by molar-refractivity contribution is 0.0822. The van der Waals surface area contributed by atoms with Crippen molar-refractivity contribution in [2.45, 2.75) is 6.43 Å². The molecule has 0 radical (unpaired) electrons. The summed E-state index contributed by atoms with van der Waals surface area (Å²) in [7, 11) is 0. The lowest BCUT2D eigenvalue weighted by atomic mass is 10.3. The molecule has 98 valence electrons. The first-order valence-corrected chi connectivity index (χ1v) is 4.93. The Kier molecular flexibility index (Phi) is 4.85. The Labute approximate surface area is 102 Å². The van der Waals surface area contributed by atoms with Crippen molar-refractivity contribution in [1.29, 1.82) is 0 Å². The molecule has 0 aromatic heterocycles. The highest BCUT2D eigenvalue weighted by molar-refractivity contribution is 5.93. The van der Waals surface area contributed by atoms with E-state index in [1.54, 1.807) is 12.1 Å². The maximum absolute atomic E-state index is 12.0. The van der Waals surface area contributed by atoms with Gasteiger partial charge in [-0.3, -0.25) is 0 Å². The van der Waals surface area contributed by atoms with Crippen molar-refractivity contribution in [1.82, 2.24) is 0 Å². The van der Waals surface area contributed by atoms with Gasteiger partial charge >= 0.3 is 0 Å². The first-order chi connectivity index (χ1) is 8.49. The van der Waals surface area contributed by atoms with Crippen LogP contribution < -0.4 is 21.9 Å². The first-order valence-electron chi connectivity index (χ1n) is 4.93. The summed E-state index contributed by atoms with van der Waals surface area (Å²) in [6.07, 6.45) is -2.57. The summed E-state index contributed by atoms with van der Waals surface area (Å²) in [4.78, 5) is 7.36. The second kappa shape index (κ2) is 6.38. The smallest absolute Gasteiger partial charge is 0.272 e. The molecule has 6 N–H and O–H groups in total. The molecule has 0 saturated heterocycles. The minimum absolute atomic E-state index is 0.173. The fourth-order valence-corrected chi connectivity index (χ4v) is 1.11. The van der Waals surface area contributed by atoms with E-state index in [1.165, 1.54) is 12.1 Å². The number of rotatable bonds is 4. The van der Waals surface area contributed by atoms with Crippen molar-refractivity contribution < 1.29 is 13.5 Å². The first kappa shape index (κ1) is 13.7. The Morgan fingerprint density at radius 1 is 1.22 bits per heavy atom. The van der Waals surface area contributed by atoms with Gasteiger partial charge in [0.1, 0.15) is 18.0 Å². The molecule has 0 aliphatic rings. The number of para-hydroxylation sites is 2. The largest absolute Gasteiger partial charge is 0.485 e. The van der Waals surface area contributed by atoms with Crippen molar-refractivity contribution in [3.05, 3.63) is 24.3 Å². The molecule has 0 saturated carbocycles. The minimum Gasteiger partial charge on any atom is -0.485 e. The van der Waals surface area contributed by atoms with E-state index >= 15 is 0 Å². The van der Waals surface area contributed by atoms with Gasteiger partial charge in [0.05, 0.1) is 0 Å². The second-order valence-corrected chi connectivity index (χ2v) is 3.18. The van der Waals surface area contributed by atoms with Crippen LogP contribution >= 0.6 is 0 Å². The molecular weight excluding hydrogens is 244 g/mol. The molecule has 8 heteroatoms. The topological polar surface area (TPSA) is 112 Å². The standard InChI is InChI=1S/C10H13F2N5O/c11-8(12)5-18-7-4-2-1-3-6(7)16-10(15)17-9(13)14/h1-4,8H,5H2,(H6,13,14,15,16,17). The lowest BCUT2D eigenvalue weighted by Gasteiger charge is -2.07. The van der Waals surface area contributed by atoms with Crippen LogP contribution in [0, 0.1) is 0 Å². The maximum Gasteiger partial charge on any atom is 0.272 e. The van der Waals surface area contributed by atoms with Gasteiger partial charge in [-0.05, 0) is 12.1 Å². The Morgan fingerprint density at radius 2 is 1.89 bits per heavy atom. The molecule has 0 atom stereocenters. The van der Waals surface area contributed by atoms with E-state index in [2.05, 4.69) is 9.98 Å².